The molecular formula is C26H20N4O2. The van der Waals surface area contributed by atoms with E-state index in [-0.39, 0.29) is 5.91 Å². The molecule has 32 heavy (non-hydrogen) atoms. The Morgan fingerprint density at radius 2 is 1.75 bits per heavy atom. The first-order valence-electron chi connectivity index (χ1n) is 10.1. The molecule has 0 radical (unpaired) electrons. The van der Waals surface area contributed by atoms with Crippen LogP contribution in [0.1, 0.15) is 0 Å². The van der Waals surface area contributed by atoms with Crippen LogP contribution in [0.5, 0.6) is 11.5 Å². The molecule has 3 aromatic carbocycles. The van der Waals surface area contributed by atoms with Crippen LogP contribution in [-0.2, 0) is 4.79 Å². The number of rotatable bonds is 6. The van der Waals surface area contributed by atoms with Gasteiger partial charge >= 0.3 is 0 Å². The fourth-order valence-electron chi connectivity index (χ4n) is 3.49. The third kappa shape index (κ3) is 3.89. The molecule has 0 spiro atoms. The first-order chi connectivity index (χ1) is 15.7. The van der Waals surface area contributed by atoms with Gasteiger partial charge in [-0.05, 0) is 60.2 Å². The van der Waals surface area contributed by atoms with Crippen molar-refractivity contribution in [1.82, 2.24) is 14.6 Å². The van der Waals surface area contributed by atoms with Gasteiger partial charge in [0.25, 0.3) is 0 Å². The maximum absolute atomic E-state index is 11.6. The van der Waals surface area contributed by atoms with Crippen LogP contribution in [-0.4, -0.2) is 20.5 Å². The number of carbonyl (C=O) groups excluding carboxylic acids is 1. The second kappa shape index (κ2) is 8.28. The molecule has 0 aliphatic carbocycles. The number of imidazole rings is 1. The number of benzene rings is 3. The molecule has 156 valence electrons. The molecule has 2 heterocycles. The van der Waals surface area contributed by atoms with Gasteiger partial charge in [-0.15, -0.1) is 0 Å². The summed E-state index contributed by atoms with van der Waals surface area (Å²) >= 11 is 0. The summed E-state index contributed by atoms with van der Waals surface area (Å²) in [5, 5.41) is 6.01. The van der Waals surface area contributed by atoms with E-state index in [0.717, 1.165) is 39.5 Å². The SMILES string of the molecule is C=CC(=O)Nc1cccc(-c2c[nH]n3cc(-c4ccc(Oc5ccccc5)cc4)nc23)c1. The normalized spacial score (nSPS) is 10.8. The lowest BCUT2D eigenvalue weighted by Crippen LogP contribution is -2.06. The number of nitrogens with zero attached hydrogens (tertiary/aromatic N) is 2. The van der Waals surface area contributed by atoms with Crippen molar-refractivity contribution in [2.45, 2.75) is 0 Å². The van der Waals surface area contributed by atoms with E-state index in [1.54, 1.807) is 0 Å². The average Bonchev–Trinajstić information content (AvgIpc) is 3.41. The number of hydrogen-bond donors (Lipinski definition) is 2. The highest BCUT2D eigenvalue weighted by molar-refractivity contribution is 5.99. The quantitative estimate of drug-likeness (QED) is 0.335. The van der Waals surface area contributed by atoms with Gasteiger partial charge < -0.3 is 10.1 Å². The van der Waals surface area contributed by atoms with Gasteiger partial charge in [-0.2, -0.15) is 0 Å². The smallest absolute Gasteiger partial charge is 0.247 e. The minimum Gasteiger partial charge on any atom is -0.457 e. The van der Waals surface area contributed by atoms with Gasteiger partial charge in [0.15, 0.2) is 5.65 Å². The van der Waals surface area contributed by atoms with E-state index in [4.69, 9.17) is 9.72 Å². The Bertz CT molecular complexity index is 1400. The predicted molar refractivity (Wildman–Crippen MR) is 126 cm³/mol. The molecule has 0 aliphatic heterocycles. The van der Waals surface area contributed by atoms with Gasteiger partial charge in [0, 0.05) is 23.0 Å². The molecule has 0 fully saturated rings. The Labute approximate surface area is 184 Å². The first kappa shape index (κ1) is 19.4. The third-order valence-corrected chi connectivity index (χ3v) is 5.05. The minimum atomic E-state index is -0.246. The number of ether oxygens (including phenoxy) is 1. The largest absolute Gasteiger partial charge is 0.457 e. The van der Waals surface area contributed by atoms with Gasteiger partial charge in [0.05, 0.1) is 11.9 Å². The van der Waals surface area contributed by atoms with E-state index in [1.807, 2.05) is 95.8 Å². The first-order valence-corrected chi connectivity index (χ1v) is 10.1. The molecule has 0 unspecified atom stereocenters. The maximum Gasteiger partial charge on any atom is 0.247 e. The highest BCUT2D eigenvalue weighted by Gasteiger charge is 2.12. The second-order valence-corrected chi connectivity index (χ2v) is 7.22. The summed E-state index contributed by atoms with van der Waals surface area (Å²) < 4.78 is 7.75. The zero-order valence-corrected chi connectivity index (χ0v) is 17.2. The topological polar surface area (TPSA) is 71.4 Å². The van der Waals surface area contributed by atoms with Gasteiger partial charge in [-0.25, -0.2) is 9.50 Å². The molecule has 2 N–H and O–H groups in total. The van der Waals surface area contributed by atoms with E-state index >= 15 is 0 Å². The van der Waals surface area contributed by atoms with Crippen molar-refractivity contribution in [3.8, 4) is 33.9 Å². The van der Waals surface area contributed by atoms with Crippen molar-refractivity contribution in [2.24, 2.45) is 0 Å². The number of H-pyrrole nitrogens is 1. The zero-order valence-electron chi connectivity index (χ0n) is 17.2. The number of aromatic nitrogens is 3. The van der Waals surface area contributed by atoms with Crippen LogP contribution in [0.4, 0.5) is 5.69 Å². The lowest BCUT2D eigenvalue weighted by Gasteiger charge is -2.06. The fourth-order valence-corrected chi connectivity index (χ4v) is 3.49. The Balaban J connectivity index is 1.41. The van der Waals surface area contributed by atoms with Crippen LogP contribution in [0.3, 0.4) is 0 Å². The molecule has 0 aliphatic rings. The Hall–Kier alpha value is -4.58. The van der Waals surface area contributed by atoms with Gasteiger partial charge in [0.1, 0.15) is 11.5 Å². The summed E-state index contributed by atoms with van der Waals surface area (Å²) in [7, 11) is 0. The van der Waals surface area contributed by atoms with Crippen molar-refractivity contribution < 1.29 is 9.53 Å². The van der Waals surface area contributed by atoms with E-state index in [1.165, 1.54) is 6.08 Å². The molecule has 5 aromatic rings. The predicted octanol–water partition coefficient (Wildman–Crippen LogP) is 5.91. The van der Waals surface area contributed by atoms with Crippen molar-refractivity contribution in [3.63, 3.8) is 0 Å². The summed E-state index contributed by atoms with van der Waals surface area (Å²) in [5.74, 6) is 1.32. The molecule has 1 amide bonds. The number of aromatic amines is 1. The van der Waals surface area contributed by atoms with Crippen LogP contribution < -0.4 is 10.1 Å². The van der Waals surface area contributed by atoms with Crippen LogP contribution in [0.15, 0.2) is 104 Å². The number of hydrogen-bond acceptors (Lipinski definition) is 3. The van der Waals surface area contributed by atoms with E-state index < -0.39 is 0 Å². The Morgan fingerprint density at radius 1 is 0.969 bits per heavy atom. The third-order valence-electron chi connectivity index (χ3n) is 5.05. The van der Waals surface area contributed by atoms with Gasteiger partial charge in [-0.3, -0.25) is 9.89 Å². The van der Waals surface area contributed by atoms with Crippen molar-refractivity contribution in [3.05, 3.63) is 104 Å². The van der Waals surface area contributed by atoms with E-state index in [2.05, 4.69) is 17.0 Å². The average molecular weight is 420 g/mol. The molecule has 6 nitrogen and oxygen atoms in total. The highest BCUT2D eigenvalue weighted by atomic mass is 16.5. The fraction of sp³-hybridized carbons (Fsp3) is 0. The summed E-state index contributed by atoms with van der Waals surface area (Å²) in [6.07, 6.45) is 5.10. The second-order valence-electron chi connectivity index (χ2n) is 7.22. The van der Waals surface area contributed by atoms with Crippen molar-refractivity contribution in [2.75, 3.05) is 5.32 Å². The number of amides is 1. The monoisotopic (exact) mass is 420 g/mol. The molecule has 2 aromatic heterocycles. The molecule has 6 heteroatoms. The van der Waals surface area contributed by atoms with Crippen LogP contribution in [0.25, 0.3) is 28.0 Å². The van der Waals surface area contributed by atoms with Gasteiger partial charge in [-0.1, -0.05) is 36.9 Å². The minimum absolute atomic E-state index is 0.246. The highest BCUT2D eigenvalue weighted by Crippen LogP contribution is 2.30. The number of carbonyl (C=O) groups is 1. The standard InChI is InChI=1S/C26H20N4O2/c1-2-25(31)28-20-8-6-7-19(15-20)23-16-27-30-17-24(29-26(23)30)18-11-13-22(14-12-18)32-21-9-4-3-5-10-21/h2-17,27H,1H2,(H,28,31). The van der Waals surface area contributed by atoms with Crippen molar-refractivity contribution >= 4 is 17.2 Å². The lowest BCUT2D eigenvalue weighted by molar-refractivity contribution is -0.111. The summed E-state index contributed by atoms with van der Waals surface area (Å²) in [5.41, 5.74) is 5.22. The summed E-state index contributed by atoms with van der Waals surface area (Å²) in [6, 6.07) is 25.2. The van der Waals surface area contributed by atoms with Gasteiger partial charge in [0.2, 0.25) is 5.91 Å². The molecule has 0 saturated carbocycles. The number of nitrogens with one attached hydrogen (secondary N) is 2. The lowest BCUT2D eigenvalue weighted by atomic mass is 10.1. The zero-order chi connectivity index (χ0) is 21.9. The van der Waals surface area contributed by atoms with Crippen LogP contribution >= 0.6 is 0 Å². The summed E-state index contributed by atoms with van der Waals surface area (Å²) in [4.78, 5) is 16.4. The molecule has 0 saturated heterocycles. The molecule has 0 atom stereocenters. The van der Waals surface area contributed by atoms with E-state index in [9.17, 15) is 4.79 Å². The van der Waals surface area contributed by atoms with Crippen LogP contribution in [0.2, 0.25) is 0 Å². The Morgan fingerprint density at radius 3 is 2.53 bits per heavy atom. The molecule has 5 rings (SSSR count). The van der Waals surface area contributed by atoms with E-state index in [0.29, 0.717) is 5.69 Å². The molecular weight excluding hydrogens is 400 g/mol. The Kier molecular flexibility index (Phi) is 5.01. The number of fused-ring (bicyclic) bond motifs is 1. The maximum atomic E-state index is 11.6. The number of para-hydroxylation sites is 1. The summed E-state index contributed by atoms with van der Waals surface area (Å²) in [6.45, 7) is 3.49. The van der Waals surface area contributed by atoms with Crippen molar-refractivity contribution in [1.29, 1.82) is 0 Å². The molecule has 0 bridgehead atoms. The van der Waals surface area contributed by atoms with Crippen LogP contribution in [0, 0.1) is 0 Å². The number of anilines is 1.